The summed E-state index contributed by atoms with van der Waals surface area (Å²) in [6.07, 6.45) is 2.45. The second-order valence-electron chi connectivity index (χ2n) is 10.8. The molecule has 2 aliphatic heterocycles. The number of methoxy groups -OCH3 is 1. The number of benzene rings is 3. The predicted molar refractivity (Wildman–Crippen MR) is 155 cm³/mol. The molecule has 0 radical (unpaired) electrons. The second kappa shape index (κ2) is 12.4. The number of carbonyl (C=O) groups excluding carboxylic acids is 3. The molecule has 1 N–H and O–H groups in total. The average Bonchev–Trinajstić information content (AvgIpc) is 3.35. The van der Waals surface area contributed by atoms with E-state index in [1.54, 1.807) is 12.0 Å². The zero-order valence-corrected chi connectivity index (χ0v) is 23.3. The van der Waals surface area contributed by atoms with Crippen molar-refractivity contribution in [1.82, 2.24) is 9.80 Å². The van der Waals surface area contributed by atoms with Crippen LogP contribution in [0.15, 0.2) is 72.8 Å². The third kappa shape index (κ3) is 6.36. The fourth-order valence-corrected chi connectivity index (χ4v) is 5.80. The fraction of sp³-hybridized carbons (Fsp3) is 0.364. The van der Waals surface area contributed by atoms with E-state index < -0.39 is 0 Å². The van der Waals surface area contributed by atoms with Crippen molar-refractivity contribution in [2.75, 3.05) is 32.1 Å². The molecular weight excluding hydrogens is 502 g/mol. The summed E-state index contributed by atoms with van der Waals surface area (Å²) in [7, 11) is 1.65. The molecule has 0 spiro atoms. The molecule has 3 amide bonds. The van der Waals surface area contributed by atoms with Crippen LogP contribution in [0.4, 0.5) is 5.69 Å². The van der Waals surface area contributed by atoms with E-state index in [0.29, 0.717) is 25.4 Å². The van der Waals surface area contributed by atoms with E-state index in [-0.39, 0.29) is 30.1 Å². The zero-order valence-electron chi connectivity index (χ0n) is 23.3. The maximum absolute atomic E-state index is 13.0. The molecular formula is C33H37N3O4. The fourth-order valence-electron chi connectivity index (χ4n) is 5.80. The molecule has 40 heavy (non-hydrogen) atoms. The van der Waals surface area contributed by atoms with Crippen LogP contribution in [0.3, 0.4) is 0 Å². The SMILES string of the molecule is COc1cccc(CC(=O)N2CCC(c3ccc(NC(=O)[C@@H]4CC(=O)N(Cc5ccccc5)C4)cc3)CC2)c1C. The Morgan fingerprint density at radius 2 is 1.68 bits per heavy atom. The summed E-state index contributed by atoms with van der Waals surface area (Å²) >= 11 is 0. The van der Waals surface area contributed by atoms with Gasteiger partial charge in [-0.05, 0) is 66.1 Å². The molecule has 5 rings (SSSR count). The summed E-state index contributed by atoms with van der Waals surface area (Å²) in [5.74, 6) is 0.897. The van der Waals surface area contributed by atoms with Gasteiger partial charge in [0.15, 0.2) is 0 Å². The van der Waals surface area contributed by atoms with Gasteiger partial charge in [0, 0.05) is 38.3 Å². The molecule has 7 heteroatoms. The Morgan fingerprint density at radius 1 is 0.950 bits per heavy atom. The lowest BCUT2D eigenvalue weighted by Gasteiger charge is -2.32. The number of ether oxygens (including phenoxy) is 1. The number of rotatable bonds is 8. The number of piperidine rings is 1. The van der Waals surface area contributed by atoms with Gasteiger partial charge in [0.05, 0.1) is 19.4 Å². The molecule has 0 aliphatic carbocycles. The third-order valence-electron chi connectivity index (χ3n) is 8.26. The Labute approximate surface area is 236 Å². The number of nitrogens with zero attached hydrogens (tertiary/aromatic N) is 2. The number of hydrogen-bond donors (Lipinski definition) is 1. The minimum atomic E-state index is -0.349. The zero-order chi connectivity index (χ0) is 28.1. The first-order chi connectivity index (χ1) is 19.4. The lowest BCUT2D eigenvalue weighted by molar-refractivity contribution is -0.131. The van der Waals surface area contributed by atoms with E-state index in [0.717, 1.165) is 54.1 Å². The number of nitrogens with one attached hydrogen (secondary N) is 1. The number of hydrogen-bond acceptors (Lipinski definition) is 4. The quantitative estimate of drug-likeness (QED) is 0.440. The Hall–Kier alpha value is -4.13. The van der Waals surface area contributed by atoms with E-state index >= 15 is 0 Å². The van der Waals surface area contributed by atoms with Crippen molar-refractivity contribution in [2.24, 2.45) is 5.92 Å². The molecule has 208 valence electrons. The third-order valence-corrected chi connectivity index (χ3v) is 8.26. The molecule has 1 atom stereocenters. The number of anilines is 1. The summed E-state index contributed by atoms with van der Waals surface area (Å²) in [6.45, 7) is 4.43. The lowest BCUT2D eigenvalue weighted by atomic mass is 9.89. The van der Waals surface area contributed by atoms with Gasteiger partial charge in [-0.15, -0.1) is 0 Å². The Morgan fingerprint density at radius 3 is 2.38 bits per heavy atom. The van der Waals surface area contributed by atoms with Crippen LogP contribution in [0.5, 0.6) is 5.75 Å². The monoisotopic (exact) mass is 539 g/mol. The van der Waals surface area contributed by atoms with Crippen LogP contribution in [0, 0.1) is 12.8 Å². The Bertz CT molecular complexity index is 1350. The largest absolute Gasteiger partial charge is 0.496 e. The minimum absolute atomic E-state index is 0.0165. The first-order valence-electron chi connectivity index (χ1n) is 14.0. The van der Waals surface area contributed by atoms with Crippen molar-refractivity contribution in [2.45, 2.75) is 45.1 Å². The summed E-state index contributed by atoms with van der Waals surface area (Å²) < 4.78 is 5.40. The van der Waals surface area contributed by atoms with E-state index in [1.165, 1.54) is 5.56 Å². The smallest absolute Gasteiger partial charge is 0.229 e. The maximum Gasteiger partial charge on any atom is 0.229 e. The molecule has 2 aliphatic rings. The molecule has 2 heterocycles. The highest BCUT2D eigenvalue weighted by Crippen LogP contribution is 2.30. The summed E-state index contributed by atoms with van der Waals surface area (Å²) in [5.41, 5.74) is 5.05. The molecule has 0 bridgehead atoms. The topological polar surface area (TPSA) is 79.0 Å². The number of carbonyl (C=O) groups is 3. The second-order valence-corrected chi connectivity index (χ2v) is 10.8. The van der Waals surface area contributed by atoms with Crippen LogP contribution < -0.4 is 10.1 Å². The molecule has 0 saturated carbocycles. The first-order valence-corrected chi connectivity index (χ1v) is 14.0. The average molecular weight is 540 g/mol. The van der Waals surface area contributed by atoms with Gasteiger partial charge in [-0.1, -0.05) is 54.6 Å². The van der Waals surface area contributed by atoms with Crippen LogP contribution in [0.1, 0.15) is 47.4 Å². The highest BCUT2D eigenvalue weighted by atomic mass is 16.5. The van der Waals surface area contributed by atoms with Gasteiger partial charge in [-0.25, -0.2) is 0 Å². The first kappa shape index (κ1) is 27.4. The van der Waals surface area contributed by atoms with Crippen LogP contribution in [0.25, 0.3) is 0 Å². The van der Waals surface area contributed by atoms with E-state index in [2.05, 4.69) is 17.4 Å². The van der Waals surface area contributed by atoms with Crippen molar-refractivity contribution in [3.63, 3.8) is 0 Å². The normalized spacial score (nSPS) is 17.6. The van der Waals surface area contributed by atoms with Gasteiger partial charge in [-0.3, -0.25) is 14.4 Å². The Kier molecular flexibility index (Phi) is 8.48. The van der Waals surface area contributed by atoms with Gasteiger partial charge < -0.3 is 19.9 Å². The van der Waals surface area contributed by atoms with E-state index in [9.17, 15) is 14.4 Å². The molecule has 2 saturated heterocycles. The lowest BCUT2D eigenvalue weighted by Crippen LogP contribution is -2.38. The van der Waals surface area contributed by atoms with E-state index in [1.807, 2.05) is 72.5 Å². The van der Waals surface area contributed by atoms with Crippen molar-refractivity contribution in [3.8, 4) is 5.75 Å². The molecule has 0 unspecified atom stereocenters. The van der Waals surface area contributed by atoms with Crippen LogP contribution in [-0.2, 0) is 27.3 Å². The minimum Gasteiger partial charge on any atom is -0.496 e. The Balaban J connectivity index is 1.10. The molecule has 2 fully saturated rings. The molecule has 0 aromatic heterocycles. The molecule has 7 nitrogen and oxygen atoms in total. The predicted octanol–water partition coefficient (Wildman–Crippen LogP) is 4.94. The van der Waals surface area contributed by atoms with Crippen molar-refractivity contribution in [1.29, 1.82) is 0 Å². The van der Waals surface area contributed by atoms with Crippen LogP contribution >= 0.6 is 0 Å². The summed E-state index contributed by atoms with van der Waals surface area (Å²) in [5, 5.41) is 3.00. The highest BCUT2D eigenvalue weighted by molar-refractivity contribution is 5.97. The summed E-state index contributed by atoms with van der Waals surface area (Å²) in [4.78, 5) is 42.1. The van der Waals surface area contributed by atoms with Gasteiger partial charge in [0.2, 0.25) is 17.7 Å². The van der Waals surface area contributed by atoms with Crippen molar-refractivity contribution in [3.05, 3.63) is 95.1 Å². The number of amides is 3. The van der Waals surface area contributed by atoms with E-state index in [4.69, 9.17) is 4.74 Å². The van der Waals surface area contributed by atoms with Gasteiger partial charge in [-0.2, -0.15) is 0 Å². The van der Waals surface area contributed by atoms with Gasteiger partial charge in [0.25, 0.3) is 0 Å². The van der Waals surface area contributed by atoms with Crippen molar-refractivity contribution < 1.29 is 19.1 Å². The highest BCUT2D eigenvalue weighted by Gasteiger charge is 2.34. The van der Waals surface area contributed by atoms with Gasteiger partial charge in [0.1, 0.15) is 5.75 Å². The van der Waals surface area contributed by atoms with Crippen molar-refractivity contribution >= 4 is 23.4 Å². The molecule has 3 aromatic carbocycles. The standard InChI is InChI=1S/C33H37N3O4/c1-23-27(9-6-10-30(23)40-2)19-31(37)35-17-15-26(16-18-35)25-11-13-29(14-12-25)34-33(39)28-20-32(38)36(22-28)21-24-7-4-3-5-8-24/h3-14,26,28H,15-22H2,1-2H3,(H,34,39)/t28-/m1/s1. The summed E-state index contributed by atoms with van der Waals surface area (Å²) in [6, 6.07) is 23.7. The maximum atomic E-state index is 13.0. The van der Waals surface area contributed by atoms with Crippen LogP contribution in [0.2, 0.25) is 0 Å². The van der Waals surface area contributed by atoms with Gasteiger partial charge >= 0.3 is 0 Å². The molecule has 3 aromatic rings. The number of likely N-dealkylation sites (tertiary alicyclic amines) is 2. The van der Waals surface area contributed by atoms with Crippen LogP contribution in [-0.4, -0.2) is 54.3 Å².